The summed E-state index contributed by atoms with van der Waals surface area (Å²) in [6.07, 6.45) is -5.02. The number of hydrogen-bond acceptors (Lipinski definition) is 1. The van der Waals surface area contributed by atoms with Crippen molar-refractivity contribution in [2.24, 2.45) is 0 Å². The molecule has 0 amide bonds. The molecular formula is C11H12BrF4N. The SMILES string of the molecule is CN(CCC(F)(F)F)Cc1cccc(F)c1Br. The van der Waals surface area contributed by atoms with Gasteiger partial charge in [-0.05, 0) is 34.6 Å². The monoisotopic (exact) mass is 313 g/mol. The molecule has 0 saturated carbocycles. The highest BCUT2D eigenvalue weighted by atomic mass is 79.9. The van der Waals surface area contributed by atoms with E-state index in [4.69, 9.17) is 0 Å². The number of hydrogen-bond donors (Lipinski definition) is 0. The van der Waals surface area contributed by atoms with E-state index in [0.29, 0.717) is 10.0 Å². The third-order valence-corrected chi connectivity index (χ3v) is 3.14. The van der Waals surface area contributed by atoms with Crippen LogP contribution in [0.25, 0.3) is 0 Å². The normalized spacial score (nSPS) is 12.2. The zero-order chi connectivity index (χ0) is 13.1. The minimum atomic E-state index is -4.16. The lowest BCUT2D eigenvalue weighted by atomic mass is 10.2. The van der Waals surface area contributed by atoms with E-state index in [2.05, 4.69) is 15.9 Å². The van der Waals surface area contributed by atoms with Crippen LogP contribution in [0.1, 0.15) is 12.0 Å². The first kappa shape index (κ1) is 14.4. The van der Waals surface area contributed by atoms with Gasteiger partial charge in [0.2, 0.25) is 0 Å². The van der Waals surface area contributed by atoms with Gasteiger partial charge in [0.1, 0.15) is 5.82 Å². The average Bonchev–Trinajstić information content (AvgIpc) is 2.21. The van der Waals surface area contributed by atoms with Crippen molar-refractivity contribution < 1.29 is 17.6 Å². The van der Waals surface area contributed by atoms with E-state index in [1.807, 2.05) is 0 Å². The van der Waals surface area contributed by atoms with Crippen LogP contribution in [0.15, 0.2) is 22.7 Å². The largest absolute Gasteiger partial charge is 0.390 e. The fraction of sp³-hybridized carbons (Fsp3) is 0.455. The zero-order valence-corrected chi connectivity index (χ0v) is 10.8. The molecule has 0 radical (unpaired) electrons. The summed E-state index contributed by atoms with van der Waals surface area (Å²) in [4.78, 5) is 1.51. The zero-order valence-electron chi connectivity index (χ0n) is 9.19. The van der Waals surface area contributed by atoms with Crippen molar-refractivity contribution in [2.45, 2.75) is 19.1 Å². The van der Waals surface area contributed by atoms with Crippen LogP contribution in [-0.4, -0.2) is 24.7 Å². The van der Waals surface area contributed by atoms with Crippen LogP contribution < -0.4 is 0 Å². The minimum absolute atomic E-state index is 0.105. The van der Waals surface area contributed by atoms with Crippen molar-refractivity contribution in [1.82, 2.24) is 4.90 Å². The topological polar surface area (TPSA) is 3.24 Å². The molecule has 0 N–H and O–H groups in total. The molecule has 96 valence electrons. The summed E-state index contributed by atoms with van der Waals surface area (Å²) < 4.78 is 49.5. The minimum Gasteiger partial charge on any atom is -0.302 e. The Bertz CT molecular complexity index is 378. The maximum Gasteiger partial charge on any atom is 0.390 e. The van der Waals surface area contributed by atoms with Crippen LogP contribution in [0.4, 0.5) is 17.6 Å². The Kier molecular flexibility index (Phi) is 4.94. The van der Waals surface area contributed by atoms with E-state index in [0.717, 1.165) is 0 Å². The van der Waals surface area contributed by atoms with E-state index >= 15 is 0 Å². The molecule has 0 aliphatic heterocycles. The van der Waals surface area contributed by atoms with Crippen molar-refractivity contribution in [2.75, 3.05) is 13.6 Å². The van der Waals surface area contributed by atoms with Crippen LogP contribution in [0, 0.1) is 5.82 Å². The summed E-state index contributed by atoms with van der Waals surface area (Å²) in [5, 5.41) is 0. The Balaban J connectivity index is 2.56. The van der Waals surface area contributed by atoms with E-state index in [9.17, 15) is 17.6 Å². The first-order valence-corrected chi connectivity index (χ1v) is 5.77. The van der Waals surface area contributed by atoms with E-state index in [1.54, 1.807) is 13.1 Å². The third-order valence-electron chi connectivity index (χ3n) is 2.25. The van der Waals surface area contributed by atoms with Crippen molar-refractivity contribution in [3.63, 3.8) is 0 Å². The van der Waals surface area contributed by atoms with Gasteiger partial charge >= 0.3 is 6.18 Å². The maximum atomic E-state index is 13.2. The highest BCUT2D eigenvalue weighted by Crippen LogP contribution is 2.23. The first-order valence-electron chi connectivity index (χ1n) is 4.98. The fourth-order valence-electron chi connectivity index (χ4n) is 1.36. The second kappa shape index (κ2) is 5.82. The first-order chi connectivity index (χ1) is 7.79. The van der Waals surface area contributed by atoms with Crippen LogP contribution in [0.3, 0.4) is 0 Å². The molecule has 0 unspecified atom stereocenters. The van der Waals surface area contributed by atoms with Gasteiger partial charge in [-0.25, -0.2) is 4.39 Å². The second-order valence-corrected chi connectivity index (χ2v) is 4.61. The Labute approximate surface area is 106 Å². The Morgan fingerprint density at radius 2 is 1.94 bits per heavy atom. The van der Waals surface area contributed by atoms with Crippen LogP contribution in [0.5, 0.6) is 0 Å². The van der Waals surface area contributed by atoms with Gasteiger partial charge in [0.15, 0.2) is 0 Å². The predicted molar refractivity (Wildman–Crippen MR) is 61.1 cm³/mol. The van der Waals surface area contributed by atoms with Gasteiger partial charge in [0.05, 0.1) is 10.9 Å². The van der Waals surface area contributed by atoms with Gasteiger partial charge in [-0.2, -0.15) is 13.2 Å². The van der Waals surface area contributed by atoms with E-state index in [-0.39, 0.29) is 13.1 Å². The van der Waals surface area contributed by atoms with Gasteiger partial charge in [0, 0.05) is 13.1 Å². The van der Waals surface area contributed by atoms with Gasteiger partial charge < -0.3 is 4.90 Å². The molecule has 0 saturated heterocycles. The summed E-state index contributed by atoms with van der Waals surface area (Å²) in [7, 11) is 1.57. The molecule has 1 nitrogen and oxygen atoms in total. The molecule has 6 heteroatoms. The third kappa shape index (κ3) is 5.04. The summed E-state index contributed by atoms with van der Waals surface area (Å²) in [6, 6.07) is 4.51. The van der Waals surface area contributed by atoms with E-state index in [1.165, 1.54) is 17.0 Å². The molecule has 0 aliphatic rings. The lowest BCUT2D eigenvalue weighted by Crippen LogP contribution is -2.24. The molecular weight excluding hydrogens is 302 g/mol. The molecule has 1 rings (SSSR count). The standard InChI is InChI=1S/C11H12BrF4N/c1-17(6-5-11(14,15)16)7-8-3-2-4-9(13)10(8)12/h2-4H,5-7H2,1H3. The molecule has 0 bridgehead atoms. The number of benzene rings is 1. The molecule has 0 aliphatic carbocycles. The lowest BCUT2D eigenvalue weighted by Gasteiger charge is -2.18. The highest BCUT2D eigenvalue weighted by Gasteiger charge is 2.27. The quantitative estimate of drug-likeness (QED) is 0.760. The van der Waals surface area contributed by atoms with Crippen LogP contribution in [-0.2, 0) is 6.54 Å². The van der Waals surface area contributed by atoms with Crippen molar-refractivity contribution in [3.8, 4) is 0 Å². The lowest BCUT2D eigenvalue weighted by molar-refractivity contribution is -0.137. The Hall–Kier alpha value is -0.620. The number of nitrogens with zero attached hydrogens (tertiary/aromatic N) is 1. The number of alkyl halides is 3. The molecule has 0 aromatic heterocycles. The molecule has 1 aromatic rings. The molecule has 1 aromatic carbocycles. The maximum absolute atomic E-state index is 13.2. The summed E-state index contributed by atoms with van der Waals surface area (Å²) in [5.41, 5.74) is 0.634. The molecule has 0 fully saturated rings. The van der Waals surface area contributed by atoms with Gasteiger partial charge in [-0.1, -0.05) is 12.1 Å². The van der Waals surface area contributed by atoms with E-state index < -0.39 is 18.4 Å². The van der Waals surface area contributed by atoms with Gasteiger partial charge in [0.25, 0.3) is 0 Å². The summed E-state index contributed by atoms with van der Waals surface area (Å²) in [5.74, 6) is -0.410. The number of halogens is 5. The summed E-state index contributed by atoms with van der Waals surface area (Å²) >= 11 is 3.08. The molecule has 0 atom stereocenters. The van der Waals surface area contributed by atoms with Crippen LogP contribution >= 0.6 is 15.9 Å². The van der Waals surface area contributed by atoms with Crippen LogP contribution in [0.2, 0.25) is 0 Å². The number of rotatable bonds is 4. The Morgan fingerprint density at radius 3 is 2.53 bits per heavy atom. The summed E-state index contributed by atoms with van der Waals surface area (Å²) in [6.45, 7) is 0.168. The van der Waals surface area contributed by atoms with Crippen molar-refractivity contribution >= 4 is 15.9 Å². The second-order valence-electron chi connectivity index (χ2n) is 3.82. The van der Waals surface area contributed by atoms with Gasteiger partial charge in [-0.3, -0.25) is 0 Å². The molecule has 0 spiro atoms. The van der Waals surface area contributed by atoms with Gasteiger partial charge in [-0.15, -0.1) is 0 Å². The Morgan fingerprint density at radius 1 is 1.29 bits per heavy atom. The predicted octanol–water partition coefficient (Wildman–Crippen LogP) is 3.97. The average molecular weight is 314 g/mol. The highest BCUT2D eigenvalue weighted by molar-refractivity contribution is 9.10. The van der Waals surface area contributed by atoms with Crippen molar-refractivity contribution in [1.29, 1.82) is 0 Å². The smallest absolute Gasteiger partial charge is 0.302 e. The molecule has 17 heavy (non-hydrogen) atoms. The molecule has 0 heterocycles. The van der Waals surface area contributed by atoms with Crippen molar-refractivity contribution in [3.05, 3.63) is 34.1 Å². The fourth-order valence-corrected chi connectivity index (χ4v) is 1.75.